The maximum atomic E-state index is 10.6. The Morgan fingerprint density at radius 1 is 0.610 bits per heavy atom. The fourth-order valence-electron chi connectivity index (χ4n) is 5.47. The molecule has 0 bridgehead atoms. The Morgan fingerprint density at radius 2 is 1.00 bits per heavy atom. The standard InChI is InChI=1S/C34H64O5S2/c1-3-5-7-9-11-13-15-17-19-21-23-25-31(40)38-28-30-34(33(36)29(35)27-37-30)39-32(41)26-24-22-20-18-16-14-12-10-8-6-4-2/h29-30,33-36H,3-28H2,1-2H3/t29-,30+,33+,34+/m1/s1. The lowest BCUT2D eigenvalue weighted by Gasteiger charge is -2.38. The molecule has 2 N–H and O–H groups in total. The second-order valence-corrected chi connectivity index (χ2v) is 13.0. The second kappa shape index (κ2) is 27.2. The van der Waals surface area contributed by atoms with Gasteiger partial charge in [0.05, 0.1) is 6.61 Å². The third kappa shape index (κ3) is 21.1. The molecule has 4 atom stereocenters. The third-order valence-corrected chi connectivity index (χ3v) is 8.85. The molecule has 0 aromatic carbocycles. The molecule has 242 valence electrons. The molecule has 7 heteroatoms. The smallest absolute Gasteiger partial charge is 0.160 e. The summed E-state index contributed by atoms with van der Waals surface area (Å²) < 4.78 is 17.6. The zero-order chi connectivity index (χ0) is 30.0. The van der Waals surface area contributed by atoms with Crippen LogP contribution in [0.4, 0.5) is 0 Å². The number of unbranched alkanes of at least 4 members (excludes halogenated alkanes) is 20. The molecule has 1 heterocycles. The molecule has 41 heavy (non-hydrogen) atoms. The van der Waals surface area contributed by atoms with Gasteiger partial charge in [-0.25, -0.2) is 0 Å². The number of rotatable bonds is 27. The summed E-state index contributed by atoms with van der Waals surface area (Å²) in [5.74, 6) is 0. The van der Waals surface area contributed by atoms with Crippen LogP contribution in [-0.4, -0.2) is 57.9 Å². The highest BCUT2D eigenvalue weighted by atomic mass is 32.1. The van der Waals surface area contributed by atoms with Crippen molar-refractivity contribution in [2.75, 3.05) is 13.2 Å². The molecule has 0 unspecified atom stereocenters. The van der Waals surface area contributed by atoms with Crippen LogP contribution in [0.15, 0.2) is 0 Å². The maximum Gasteiger partial charge on any atom is 0.160 e. The summed E-state index contributed by atoms with van der Waals surface area (Å²) in [5, 5.41) is 21.8. The van der Waals surface area contributed by atoms with Gasteiger partial charge in [0.25, 0.3) is 0 Å². The van der Waals surface area contributed by atoms with E-state index in [-0.39, 0.29) is 13.2 Å². The maximum absolute atomic E-state index is 10.6. The van der Waals surface area contributed by atoms with Crippen molar-refractivity contribution >= 4 is 34.5 Å². The molecule has 1 aliphatic rings. The van der Waals surface area contributed by atoms with Gasteiger partial charge < -0.3 is 24.4 Å². The van der Waals surface area contributed by atoms with Crippen LogP contribution in [-0.2, 0) is 14.2 Å². The monoisotopic (exact) mass is 616 g/mol. The van der Waals surface area contributed by atoms with Crippen molar-refractivity contribution in [1.82, 2.24) is 0 Å². The Morgan fingerprint density at radius 3 is 1.44 bits per heavy atom. The van der Waals surface area contributed by atoms with Crippen molar-refractivity contribution in [3.63, 3.8) is 0 Å². The van der Waals surface area contributed by atoms with Crippen LogP contribution < -0.4 is 0 Å². The van der Waals surface area contributed by atoms with Gasteiger partial charge in [-0.3, -0.25) is 0 Å². The van der Waals surface area contributed by atoms with Crippen LogP contribution in [0.3, 0.4) is 0 Å². The topological polar surface area (TPSA) is 68.2 Å². The number of ether oxygens (including phenoxy) is 3. The van der Waals surface area contributed by atoms with Gasteiger partial charge in [0, 0.05) is 12.8 Å². The van der Waals surface area contributed by atoms with Crippen molar-refractivity contribution in [2.24, 2.45) is 0 Å². The molecule has 1 saturated heterocycles. The molecule has 1 aliphatic heterocycles. The molecule has 0 amide bonds. The van der Waals surface area contributed by atoms with Gasteiger partial charge in [-0.15, -0.1) is 0 Å². The predicted octanol–water partition coefficient (Wildman–Crippen LogP) is 9.57. The largest absolute Gasteiger partial charge is 0.484 e. The summed E-state index contributed by atoms with van der Waals surface area (Å²) >= 11 is 10.9. The summed E-state index contributed by atoms with van der Waals surface area (Å²) in [5.41, 5.74) is 0. The summed E-state index contributed by atoms with van der Waals surface area (Å²) in [6, 6.07) is 0. The highest BCUT2D eigenvalue weighted by Crippen LogP contribution is 2.22. The molecule has 0 saturated carbocycles. The van der Waals surface area contributed by atoms with Crippen molar-refractivity contribution < 1.29 is 24.4 Å². The van der Waals surface area contributed by atoms with Gasteiger partial charge in [-0.2, -0.15) is 0 Å². The highest BCUT2D eigenvalue weighted by Gasteiger charge is 2.41. The Labute approximate surface area is 263 Å². The van der Waals surface area contributed by atoms with Crippen molar-refractivity contribution in [3.05, 3.63) is 0 Å². The average Bonchev–Trinajstić information content (AvgIpc) is 2.96. The van der Waals surface area contributed by atoms with E-state index >= 15 is 0 Å². The third-order valence-electron chi connectivity index (χ3n) is 8.22. The van der Waals surface area contributed by atoms with Crippen molar-refractivity contribution in [1.29, 1.82) is 0 Å². The van der Waals surface area contributed by atoms with Crippen LogP contribution >= 0.6 is 24.4 Å². The molecule has 0 aromatic heterocycles. The molecular formula is C34H64O5S2. The zero-order valence-electron chi connectivity index (χ0n) is 26.6. The van der Waals surface area contributed by atoms with E-state index in [4.69, 9.17) is 38.6 Å². The number of hydrogen-bond acceptors (Lipinski definition) is 7. The number of hydrogen-bond donors (Lipinski definition) is 2. The van der Waals surface area contributed by atoms with Gasteiger partial charge in [0.2, 0.25) is 0 Å². The average molecular weight is 617 g/mol. The predicted molar refractivity (Wildman–Crippen MR) is 180 cm³/mol. The minimum Gasteiger partial charge on any atom is -0.484 e. The van der Waals surface area contributed by atoms with E-state index < -0.39 is 24.4 Å². The second-order valence-electron chi connectivity index (χ2n) is 12.1. The van der Waals surface area contributed by atoms with Crippen LogP contribution in [0.25, 0.3) is 0 Å². The summed E-state index contributed by atoms with van der Waals surface area (Å²) in [4.78, 5) is 0. The minimum atomic E-state index is -1.06. The molecule has 1 rings (SSSR count). The van der Waals surface area contributed by atoms with E-state index in [0.717, 1.165) is 25.7 Å². The minimum absolute atomic E-state index is 0.0474. The first-order chi connectivity index (χ1) is 20.0. The summed E-state index contributed by atoms with van der Waals surface area (Å²) in [6.07, 6.45) is 26.5. The molecule has 0 aromatic rings. The first kappa shape index (κ1) is 38.7. The lowest BCUT2D eigenvalue weighted by atomic mass is 10.00. The molecule has 1 fully saturated rings. The van der Waals surface area contributed by atoms with Crippen LogP contribution in [0.2, 0.25) is 0 Å². The van der Waals surface area contributed by atoms with Crippen molar-refractivity contribution in [3.8, 4) is 0 Å². The highest BCUT2D eigenvalue weighted by molar-refractivity contribution is 7.80. The van der Waals surface area contributed by atoms with Gasteiger partial charge in [0.15, 0.2) is 16.2 Å². The summed E-state index contributed by atoms with van der Waals surface area (Å²) in [6.45, 7) is 4.77. The van der Waals surface area contributed by atoms with E-state index in [1.54, 1.807) is 0 Å². The first-order valence-electron chi connectivity index (χ1n) is 17.3. The van der Waals surface area contributed by atoms with Gasteiger partial charge in [-0.1, -0.05) is 142 Å². The quantitative estimate of drug-likeness (QED) is 0.0703. The Kier molecular flexibility index (Phi) is 25.7. The van der Waals surface area contributed by atoms with Gasteiger partial charge in [-0.05, 0) is 37.3 Å². The van der Waals surface area contributed by atoms with E-state index in [0.29, 0.717) is 16.5 Å². The Hall–Kier alpha value is -0.340. The number of aliphatic hydroxyl groups excluding tert-OH is 2. The van der Waals surface area contributed by atoms with E-state index in [1.807, 2.05) is 0 Å². The molecule has 0 aliphatic carbocycles. The summed E-state index contributed by atoms with van der Waals surface area (Å²) in [7, 11) is 0. The number of aliphatic hydroxyl groups is 2. The van der Waals surface area contributed by atoms with Gasteiger partial charge in [0.1, 0.15) is 24.9 Å². The van der Waals surface area contributed by atoms with Crippen LogP contribution in [0.5, 0.6) is 0 Å². The zero-order valence-corrected chi connectivity index (χ0v) is 28.3. The Balaban J connectivity index is 2.16. The molecule has 0 radical (unpaired) electrons. The van der Waals surface area contributed by atoms with Crippen molar-refractivity contribution in [2.45, 2.75) is 192 Å². The first-order valence-corrected chi connectivity index (χ1v) is 18.1. The van der Waals surface area contributed by atoms with Gasteiger partial charge >= 0.3 is 0 Å². The lowest BCUT2D eigenvalue weighted by molar-refractivity contribution is -0.189. The fraction of sp³-hybridized carbons (Fsp3) is 0.941. The lowest BCUT2D eigenvalue weighted by Crippen LogP contribution is -2.56. The fourth-order valence-corrected chi connectivity index (χ4v) is 5.94. The van der Waals surface area contributed by atoms with E-state index in [2.05, 4.69) is 13.8 Å². The molecule has 0 spiro atoms. The van der Waals surface area contributed by atoms with Crippen LogP contribution in [0, 0.1) is 0 Å². The normalized spacial score (nSPS) is 20.7. The van der Waals surface area contributed by atoms with E-state index in [9.17, 15) is 10.2 Å². The van der Waals surface area contributed by atoms with E-state index in [1.165, 1.54) is 122 Å². The molecular weight excluding hydrogens is 553 g/mol. The SMILES string of the molecule is CCCCCCCCCCCCCC(=S)OC[C@@H]1OC[C@@H](O)[C@H](O)[C@H]1OC(=S)CCCCCCCCCCCCC. The van der Waals surface area contributed by atoms with Crippen LogP contribution in [0.1, 0.15) is 168 Å². The Bertz CT molecular complexity index is 632. The molecule has 5 nitrogen and oxygen atoms in total. The number of thiocarbonyl (C=S) groups is 2.